The molecular formula is C12H22N2O3. The quantitative estimate of drug-likeness (QED) is 0.653. The number of likely N-dealkylation sites (tertiary alicyclic amines) is 1. The van der Waals surface area contributed by atoms with Crippen LogP contribution in [0.1, 0.15) is 19.8 Å². The molecule has 1 rings (SSSR count). The lowest BCUT2D eigenvalue weighted by molar-refractivity contribution is -0.146. The Kier molecular flexibility index (Phi) is 5.41. The molecule has 0 aliphatic carbocycles. The average Bonchev–Trinajstić information content (AvgIpc) is 2.80. The number of hydrogen-bond acceptors (Lipinski definition) is 4. The van der Waals surface area contributed by atoms with Gasteiger partial charge in [0.1, 0.15) is 0 Å². The molecule has 1 unspecified atom stereocenters. The molecule has 0 aromatic rings. The van der Waals surface area contributed by atoms with Gasteiger partial charge >= 0.3 is 5.97 Å². The number of carbonyl (C=O) groups is 2. The normalized spacial score (nSPS) is 17.3. The zero-order valence-electron chi connectivity index (χ0n) is 10.9. The fourth-order valence-electron chi connectivity index (χ4n) is 2.11. The zero-order chi connectivity index (χ0) is 12.8. The number of amides is 1. The summed E-state index contributed by atoms with van der Waals surface area (Å²) in [5, 5.41) is 0. The van der Waals surface area contributed by atoms with Crippen LogP contribution in [0.25, 0.3) is 0 Å². The molecule has 0 saturated carbocycles. The molecule has 1 heterocycles. The van der Waals surface area contributed by atoms with Crippen LogP contribution in [0.4, 0.5) is 0 Å². The summed E-state index contributed by atoms with van der Waals surface area (Å²) in [6, 6.07) is 0. The topological polar surface area (TPSA) is 49.9 Å². The van der Waals surface area contributed by atoms with Crippen LogP contribution < -0.4 is 0 Å². The second kappa shape index (κ2) is 6.59. The van der Waals surface area contributed by atoms with Crippen molar-refractivity contribution >= 4 is 11.9 Å². The van der Waals surface area contributed by atoms with Crippen LogP contribution in [0.2, 0.25) is 0 Å². The maximum atomic E-state index is 11.8. The number of esters is 1. The van der Waals surface area contributed by atoms with E-state index in [1.807, 2.05) is 23.8 Å². The second-order valence-electron chi connectivity index (χ2n) is 4.71. The molecule has 0 bridgehead atoms. The molecule has 1 aliphatic rings. The van der Waals surface area contributed by atoms with E-state index in [9.17, 15) is 9.59 Å². The van der Waals surface area contributed by atoms with Crippen molar-refractivity contribution in [3.05, 3.63) is 0 Å². The molecule has 0 N–H and O–H groups in total. The maximum Gasteiger partial charge on any atom is 0.309 e. The van der Waals surface area contributed by atoms with Crippen molar-refractivity contribution in [1.82, 2.24) is 9.80 Å². The van der Waals surface area contributed by atoms with E-state index in [1.54, 1.807) is 0 Å². The molecule has 5 nitrogen and oxygen atoms in total. The van der Waals surface area contributed by atoms with Crippen molar-refractivity contribution in [3.8, 4) is 0 Å². The van der Waals surface area contributed by atoms with Gasteiger partial charge in [-0.25, -0.2) is 0 Å². The highest BCUT2D eigenvalue weighted by molar-refractivity contribution is 5.78. The van der Waals surface area contributed by atoms with Crippen LogP contribution in [-0.4, -0.2) is 62.0 Å². The number of ether oxygens (including phenoxy) is 1. The Morgan fingerprint density at radius 2 is 1.94 bits per heavy atom. The van der Waals surface area contributed by atoms with E-state index >= 15 is 0 Å². The lowest BCUT2D eigenvalue weighted by atomic mass is 10.2. The van der Waals surface area contributed by atoms with Gasteiger partial charge < -0.3 is 9.64 Å². The summed E-state index contributed by atoms with van der Waals surface area (Å²) in [5.74, 6) is -0.274. The Morgan fingerprint density at radius 1 is 1.35 bits per heavy atom. The van der Waals surface area contributed by atoms with Gasteiger partial charge in [-0.1, -0.05) is 6.92 Å². The van der Waals surface area contributed by atoms with E-state index in [0.717, 1.165) is 25.9 Å². The third-order valence-corrected chi connectivity index (χ3v) is 3.05. The van der Waals surface area contributed by atoms with Crippen molar-refractivity contribution in [2.75, 3.05) is 40.3 Å². The lowest BCUT2D eigenvalue weighted by Crippen LogP contribution is -2.39. The molecule has 0 radical (unpaired) electrons. The van der Waals surface area contributed by atoms with Crippen molar-refractivity contribution in [2.45, 2.75) is 19.8 Å². The van der Waals surface area contributed by atoms with Gasteiger partial charge in [0.05, 0.1) is 19.6 Å². The summed E-state index contributed by atoms with van der Waals surface area (Å²) < 4.78 is 4.66. The van der Waals surface area contributed by atoms with Crippen LogP contribution in [0.3, 0.4) is 0 Å². The SMILES string of the molecule is COC(=O)C(C)CN(C)CC(=O)N1CCCC1. The summed E-state index contributed by atoms with van der Waals surface area (Å²) >= 11 is 0. The smallest absolute Gasteiger partial charge is 0.309 e. The minimum Gasteiger partial charge on any atom is -0.469 e. The minimum atomic E-state index is -0.231. The summed E-state index contributed by atoms with van der Waals surface area (Å²) in [5.41, 5.74) is 0. The number of carbonyl (C=O) groups excluding carboxylic acids is 2. The summed E-state index contributed by atoms with van der Waals surface area (Å²) in [7, 11) is 3.24. The molecule has 1 fully saturated rings. The predicted molar refractivity (Wildman–Crippen MR) is 64.5 cm³/mol. The maximum absolute atomic E-state index is 11.8. The highest BCUT2D eigenvalue weighted by atomic mass is 16.5. The average molecular weight is 242 g/mol. The van der Waals surface area contributed by atoms with Gasteiger partial charge in [0.15, 0.2) is 0 Å². The van der Waals surface area contributed by atoms with E-state index in [2.05, 4.69) is 4.74 Å². The zero-order valence-corrected chi connectivity index (χ0v) is 10.9. The summed E-state index contributed by atoms with van der Waals surface area (Å²) in [6.07, 6.45) is 2.21. The van der Waals surface area contributed by atoms with Crippen LogP contribution in [-0.2, 0) is 14.3 Å². The van der Waals surface area contributed by atoms with Gasteiger partial charge in [-0.3, -0.25) is 14.5 Å². The van der Waals surface area contributed by atoms with Crippen LogP contribution >= 0.6 is 0 Å². The predicted octanol–water partition coefficient (Wildman–Crippen LogP) is 0.350. The monoisotopic (exact) mass is 242 g/mol. The number of nitrogens with zero attached hydrogens (tertiary/aromatic N) is 2. The van der Waals surface area contributed by atoms with Crippen molar-refractivity contribution < 1.29 is 14.3 Å². The van der Waals surface area contributed by atoms with Gasteiger partial charge in [-0.15, -0.1) is 0 Å². The Hall–Kier alpha value is -1.10. The Morgan fingerprint density at radius 3 is 2.47 bits per heavy atom. The van der Waals surface area contributed by atoms with Crippen LogP contribution in [0, 0.1) is 5.92 Å². The number of likely N-dealkylation sites (N-methyl/N-ethyl adjacent to an activating group) is 1. The van der Waals surface area contributed by atoms with Gasteiger partial charge in [0.2, 0.25) is 5.91 Å². The van der Waals surface area contributed by atoms with Crippen LogP contribution in [0.15, 0.2) is 0 Å². The second-order valence-corrected chi connectivity index (χ2v) is 4.71. The molecule has 0 aromatic carbocycles. The molecule has 5 heteroatoms. The largest absolute Gasteiger partial charge is 0.469 e. The first-order chi connectivity index (χ1) is 8.04. The standard InChI is InChI=1S/C12H22N2O3/c1-10(12(16)17-3)8-13(2)9-11(15)14-6-4-5-7-14/h10H,4-9H2,1-3H3. The first-order valence-electron chi connectivity index (χ1n) is 6.08. The number of hydrogen-bond donors (Lipinski definition) is 0. The fraction of sp³-hybridized carbons (Fsp3) is 0.833. The van der Waals surface area contributed by atoms with E-state index in [4.69, 9.17) is 0 Å². The van der Waals surface area contributed by atoms with Crippen molar-refractivity contribution in [3.63, 3.8) is 0 Å². The van der Waals surface area contributed by atoms with Gasteiger partial charge in [-0.05, 0) is 19.9 Å². The third-order valence-electron chi connectivity index (χ3n) is 3.05. The third kappa shape index (κ3) is 4.34. The van der Waals surface area contributed by atoms with E-state index in [0.29, 0.717) is 13.1 Å². The summed E-state index contributed by atoms with van der Waals surface area (Å²) in [6.45, 7) is 4.48. The minimum absolute atomic E-state index is 0.155. The highest BCUT2D eigenvalue weighted by Gasteiger charge is 2.21. The van der Waals surface area contributed by atoms with E-state index < -0.39 is 0 Å². The molecule has 98 valence electrons. The Balaban J connectivity index is 2.30. The number of methoxy groups -OCH3 is 1. The van der Waals surface area contributed by atoms with Crippen molar-refractivity contribution in [2.24, 2.45) is 5.92 Å². The molecule has 1 aliphatic heterocycles. The lowest BCUT2D eigenvalue weighted by Gasteiger charge is -2.22. The summed E-state index contributed by atoms with van der Waals surface area (Å²) in [4.78, 5) is 26.9. The molecule has 0 spiro atoms. The van der Waals surface area contributed by atoms with Gasteiger partial charge in [0.25, 0.3) is 0 Å². The first-order valence-corrected chi connectivity index (χ1v) is 6.08. The van der Waals surface area contributed by atoms with E-state index in [-0.39, 0.29) is 17.8 Å². The molecule has 1 atom stereocenters. The molecule has 1 saturated heterocycles. The molecular weight excluding hydrogens is 220 g/mol. The fourth-order valence-corrected chi connectivity index (χ4v) is 2.11. The number of rotatable bonds is 5. The highest BCUT2D eigenvalue weighted by Crippen LogP contribution is 2.08. The molecule has 17 heavy (non-hydrogen) atoms. The van der Waals surface area contributed by atoms with E-state index in [1.165, 1.54) is 7.11 Å². The van der Waals surface area contributed by atoms with Gasteiger partial charge in [0, 0.05) is 19.6 Å². The molecule has 1 amide bonds. The first kappa shape index (κ1) is 14.0. The molecule has 0 aromatic heterocycles. The van der Waals surface area contributed by atoms with Crippen molar-refractivity contribution in [1.29, 1.82) is 0 Å². The van der Waals surface area contributed by atoms with Gasteiger partial charge in [-0.2, -0.15) is 0 Å². The van der Waals surface area contributed by atoms with Crippen LogP contribution in [0.5, 0.6) is 0 Å². The Bertz CT molecular complexity index is 275. The Labute approximate surface area is 103 Å².